The van der Waals surface area contributed by atoms with Crippen LogP contribution in [-0.2, 0) is 6.42 Å². The number of hydrogen-bond donors (Lipinski definition) is 2. The zero-order chi connectivity index (χ0) is 10.6. The van der Waals surface area contributed by atoms with E-state index in [1.54, 1.807) is 4.68 Å². The zero-order valence-electron chi connectivity index (χ0n) is 8.60. The second-order valence-corrected chi connectivity index (χ2v) is 4.57. The van der Waals surface area contributed by atoms with Crippen molar-refractivity contribution in [3.63, 3.8) is 0 Å². The maximum absolute atomic E-state index is 5.82. The molecule has 0 radical (unpaired) electrons. The Labute approximate surface area is 88.2 Å². The quantitative estimate of drug-likeness (QED) is 0.543. The van der Waals surface area contributed by atoms with Gasteiger partial charge >= 0.3 is 0 Å². The van der Waals surface area contributed by atoms with Crippen molar-refractivity contribution in [1.29, 1.82) is 0 Å². The van der Waals surface area contributed by atoms with Crippen LogP contribution in [0.25, 0.3) is 0 Å². The van der Waals surface area contributed by atoms with Gasteiger partial charge in [0.2, 0.25) is 5.16 Å². The fourth-order valence-corrected chi connectivity index (χ4v) is 1.70. The Balaban J connectivity index is 2.65. The molecule has 4 N–H and O–H groups in total. The molecule has 5 nitrogen and oxygen atoms in total. The van der Waals surface area contributed by atoms with Crippen LogP contribution >= 0.6 is 11.8 Å². The third-order valence-electron chi connectivity index (χ3n) is 1.67. The van der Waals surface area contributed by atoms with Crippen molar-refractivity contribution < 1.29 is 0 Å². The van der Waals surface area contributed by atoms with E-state index in [2.05, 4.69) is 24.0 Å². The van der Waals surface area contributed by atoms with Gasteiger partial charge in [0.05, 0.1) is 0 Å². The van der Waals surface area contributed by atoms with E-state index in [-0.39, 0.29) is 0 Å². The summed E-state index contributed by atoms with van der Waals surface area (Å²) in [5.74, 6) is 8.01. The summed E-state index contributed by atoms with van der Waals surface area (Å²) >= 11 is 1.53. The molecule has 0 aromatic carbocycles. The SMILES string of the molecule is CC(C)Cc1nnc(SCCN)n1N. The van der Waals surface area contributed by atoms with Gasteiger partial charge in [-0.3, -0.25) is 0 Å². The van der Waals surface area contributed by atoms with Crippen molar-refractivity contribution >= 4 is 11.8 Å². The highest BCUT2D eigenvalue weighted by molar-refractivity contribution is 7.99. The Bertz CT molecular complexity index is 283. The van der Waals surface area contributed by atoms with E-state index in [9.17, 15) is 0 Å². The molecule has 0 saturated carbocycles. The third-order valence-corrected chi connectivity index (χ3v) is 2.65. The lowest BCUT2D eigenvalue weighted by Gasteiger charge is -2.04. The molecule has 0 aliphatic heterocycles. The Morgan fingerprint density at radius 1 is 1.43 bits per heavy atom. The normalized spacial score (nSPS) is 11.1. The standard InChI is InChI=1S/C8H17N5S/c1-6(2)5-7-11-12-8(13(7)10)14-4-3-9/h6H,3-5,9-10H2,1-2H3. The average Bonchev–Trinajstić information content (AvgIpc) is 2.45. The summed E-state index contributed by atoms with van der Waals surface area (Å²) in [6, 6.07) is 0. The van der Waals surface area contributed by atoms with Crippen LogP contribution < -0.4 is 11.6 Å². The van der Waals surface area contributed by atoms with Gasteiger partial charge in [0, 0.05) is 18.7 Å². The molecule has 0 fully saturated rings. The summed E-state index contributed by atoms with van der Waals surface area (Å²) in [7, 11) is 0. The molecule has 0 unspecified atom stereocenters. The van der Waals surface area contributed by atoms with E-state index >= 15 is 0 Å². The third kappa shape index (κ3) is 2.88. The van der Waals surface area contributed by atoms with Crippen molar-refractivity contribution in [1.82, 2.24) is 14.9 Å². The molecular weight excluding hydrogens is 198 g/mol. The van der Waals surface area contributed by atoms with Crippen molar-refractivity contribution in [3.8, 4) is 0 Å². The zero-order valence-corrected chi connectivity index (χ0v) is 9.42. The first-order valence-electron chi connectivity index (χ1n) is 4.67. The van der Waals surface area contributed by atoms with Gasteiger partial charge in [-0.15, -0.1) is 10.2 Å². The molecule has 1 aromatic rings. The molecule has 0 bridgehead atoms. The average molecular weight is 215 g/mol. The molecule has 0 atom stereocenters. The first-order chi connectivity index (χ1) is 6.65. The molecule has 6 heteroatoms. The number of aromatic nitrogens is 3. The molecule has 1 rings (SSSR count). The predicted octanol–water partition coefficient (Wildman–Crippen LogP) is 0.241. The summed E-state index contributed by atoms with van der Waals surface area (Å²) < 4.78 is 1.56. The minimum atomic E-state index is 0.536. The lowest BCUT2D eigenvalue weighted by atomic mass is 10.1. The van der Waals surface area contributed by atoms with E-state index in [1.165, 1.54) is 11.8 Å². The molecule has 80 valence electrons. The highest BCUT2D eigenvalue weighted by Crippen LogP contribution is 2.14. The monoisotopic (exact) mass is 215 g/mol. The first-order valence-corrected chi connectivity index (χ1v) is 5.66. The molecule has 1 heterocycles. The van der Waals surface area contributed by atoms with Crippen molar-refractivity contribution in [2.45, 2.75) is 25.4 Å². The van der Waals surface area contributed by atoms with E-state index in [4.69, 9.17) is 11.6 Å². The fraction of sp³-hybridized carbons (Fsp3) is 0.750. The molecule has 1 aromatic heterocycles. The van der Waals surface area contributed by atoms with Crippen LogP contribution in [0.3, 0.4) is 0 Å². The Morgan fingerprint density at radius 3 is 2.71 bits per heavy atom. The van der Waals surface area contributed by atoms with Crippen LogP contribution in [0, 0.1) is 5.92 Å². The van der Waals surface area contributed by atoms with Crippen LogP contribution in [0.5, 0.6) is 0 Å². The van der Waals surface area contributed by atoms with Crippen LogP contribution in [0.4, 0.5) is 0 Å². The molecule has 0 amide bonds. The maximum Gasteiger partial charge on any atom is 0.209 e. The smallest absolute Gasteiger partial charge is 0.209 e. The summed E-state index contributed by atoms with van der Waals surface area (Å²) in [5.41, 5.74) is 5.39. The topological polar surface area (TPSA) is 82.8 Å². The number of rotatable bonds is 5. The van der Waals surface area contributed by atoms with Gasteiger partial charge in [0.25, 0.3) is 0 Å². The largest absolute Gasteiger partial charge is 0.336 e. The van der Waals surface area contributed by atoms with Gasteiger partial charge in [0.15, 0.2) is 5.82 Å². The highest BCUT2D eigenvalue weighted by atomic mass is 32.2. The second kappa shape index (κ2) is 5.21. The van der Waals surface area contributed by atoms with Crippen LogP contribution in [-0.4, -0.2) is 27.2 Å². The van der Waals surface area contributed by atoms with Gasteiger partial charge in [-0.1, -0.05) is 25.6 Å². The van der Waals surface area contributed by atoms with Gasteiger partial charge in [-0.2, -0.15) is 0 Å². The van der Waals surface area contributed by atoms with Crippen molar-refractivity contribution in [2.24, 2.45) is 11.7 Å². The van der Waals surface area contributed by atoms with Crippen LogP contribution in [0.15, 0.2) is 5.16 Å². The predicted molar refractivity (Wildman–Crippen MR) is 58.5 cm³/mol. The number of thioether (sulfide) groups is 1. The van der Waals surface area contributed by atoms with Crippen molar-refractivity contribution in [2.75, 3.05) is 18.1 Å². The number of nitrogens with two attached hydrogens (primary N) is 2. The summed E-state index contributed by atoms with van der Waals surface area (Å²) in [6.45, 7) is 4.87. The van der Waals surface area contributed by atoms with E-state index in [0.717, 1.165) is 23.2 Å². The summed E-state index contributed by atoms with van der Waals surface area (Å²) in [6.07, 6.45) is 0.854. The molecule has 0 aliphatic carbocycles. The minimum Gasteiger partial charge on any atom is -0.336 e. The first kappa shape index (κ1) is 11.3. The minimum absolute atomic E-state index is 0.536. The lowest BCUT2D eigenvalue weighted by molar-refractivity contribution is 0.603. The summed E-state index contributed by atoms with van der Waals surface area (Å²) in [5, 5.41) is 8.78. The molecule has 0 spiro atoms. The van der Waals surface area contributed by atoms with Gasteiger partial charge in [-0.25, -0.2) is 4.68 Å². The van der Waals surface area contributed by atoms with E-state index in [1.807, 2.05) is 0 Å². The van der Waals surface area contributed by atoms with Crippen LogP contribution in [0.2, 0.25) is 0 Å². The molecule has 14 heavy (non-hydrogen) atoms. The van der Waals surface area contributed by atoms with E-state index in [0.29, 0.717) is 12.5 Å². The fourth-order valence-electron chi connectivity index (χ4n) is 1.06. The Hall–Kier alpha value is -0.750. The van der Waals surface area contributed by atoms with Gasteiger partial charge < -0.3 is 11.6 Å². The van der Waals surface area contributed by atoms with Gasteiger partial charge in [0.1, 0.15) is 0 Å². The Morgan fingerprint density at radius 2 is 2.14 bits per heavy atom. The second-order valence-electron chi connectivity index (χ2n) is 3.50. The van der Waals surface area contributed by atoms with Crippen molar-refractivity contribution in [3.05, 3.63) is 5.82 Å². The number of nitrogens with zero attached hydrogens (tertiary/aromatic N) is 3. The van der Waals surface area contributed by atoms with Crippen LogP contribution in [0.1, 0.15) is 19.7 Å². The Kier molecular flexibility index (Phi) is 4.21. The molecule has 0 aliphatic rings. The summed E-state index contributed by atoms with van der Waals surface area (Å²) in [4.78, 5) is 0. The highest BCUT2D eigenvalue weighted by Gasteiger charge is 2.10. The van der Waals surface area contributed by atoms with Gasteiger partial charge in [-0.05, 0) is 5.92 Å². The molecular formula is C8H17N5S. The number of nitrogen functional groups attached to an aromatic ring is 1. The number of hydrogen-bond acceptors (Lipinski definition) is 5. The lowest BCUT2D eigenvalue weighted by Crippen LogP contribution is -2.16. The maximum atomic E-state index is 5.82. The van der Waals surface area contributed by atoms with E-state index < -0.39 is 0 Å². The molecule has 0 saturated heterocycles.